The lowest BCUT2D eigenvalue weighted by Crippen LogP contribution is -2.53. The molecule has 2 nitrogen and oxygen atoms in total. The van der Waals surface area contributed by atoms with Crippen LogP contribution in [-0.4, -0.2) is 16.2 Å². The van der Waals surface area contributed by atoms with Crippen molar-refractivity contribution < 1.29 is 5.11 Å². The maximum atomic E-state index is 10.2. The van der Waals surface area contributed by atoms with Gasteiger partial charge in [-0.25, -0.2) is 0 Å². The van der Waals surface area contributed by atoms with Gasteiger partial charge in [-0.05, 0) is 103 Å². The van der Waals surface area contributed by atoms with Gasteiger partial charge in [0.1, 0.15) is 0 Å². The van der Waals surface area contributed by atoms with Crippen LogP contribution >= 0.6 is 0 Å². The minimum absolute atomic E-state index is 0.0381. The summed E-state index contributed by atoms with van der Waals surface area (Å²) in [4.78, 5) is 4.39. The van der Waals surface area contributed by atoms with Crippen LogP contribution < -0.4 is 0 Å². The van der Waals surface area contributed by atoms with Gasteiger partial charge in [-0.1, -0.05) is 39.8 Å². The summed E-state index contributed by atoms with van der Waals surface area (Å²) in [5.41, 5.74) is 3.72. The first-order valence-electron chi connectivity index (χ1n) is 11.8. The molecule has 0 radical (unpaired) electrons. The third-order valence-electron chi connectivity index (χ3n) is 9.19. The zero-order valence-electron chi connectivity index (χ0n) is 18.3. The zero-order chi connectivity index (χ0) is 19.9. The average Bonchev–Trinajstić information content (AvgIpc) is 3.08. The Morgan fingerprint density at radius 2 is 1.86 bits per heavy atom. The molecule has 0 spiro atoms. The Kier molecular flexibility index (Phi) is 5.46. The highest BCUT2D eigenvalue weighted by Gasteiger charge is 2.58. The summed E-state index contributed by atoms with van der Waals surface area (Å²) in [6, 6.07) is 4.33. The molecule has 3 fully saturated rings. The molecule has 4 aliphatic rings. The number of hydrogen-bond donors (Lipinski definition) is 1. The maximum Gasteiger partial charge on any atom is 0.0543 e. The van der Waals surface area contributed by atoms with Crippen LogP contribution in [0.15, 0.2) is 30.6 Å². The summed E-state index contributed by atoms with van der Waals surface area (Å²) in [5.74, 6) is 3.30. The number of rotatable bonds is 1. The van der Waals surface area contributed by atoms with Crippen LogP contribution in [0.4, 0.5) is 0 Å². The highest BCUT2D eigenvalue weighted by molar-refractivity contribution is 5.72. The molecular weight excluding hydrogens is 342 g/mol. The highest BCUT2D eigenvalue weighted by Crippen LogP contribution is 2.67. The second-order valence-corrected chi connectivity index (χ2v) is 10.1. The van der Waals surface area contributed by atoms with Crippen LogP contribution in [0.25, 0.3) is 5.57 Å². The quantitative estimate of drug-likeness (QED) is 0.602. The smallest absolute Gasteiger partial charge is 0.0543 e. The van der Waals surface area contributed by atoms with Crippen molar-refractivity contribution in [2.24, 2.45) is 34.5 Å². The van der Waals surface area contributed by atoms with Gasteiger partial charge in [0, 0.05) is 12.4 Å². The van der Waals surface area contributed by atoms with E-state index in [1.165, 1.54) is 44.1 Å². The molecule has 1 aromatic rings. The molecule has 154 valence electrons. The maximum absolute atomic E-state index is 10.2. The van der Waals surface area contributed by atoms with Crippen molar-refractivity contribution in [2.75, 3.05) is 0 Å². The van der Waals surface area contributed by atoms with Gasteiger partial charge in [0.2, 0.25) is 0 Å². The number of fused-ring (bicyclic) bond motifs is 5. The zero-order valence-corrected chi connectivity index (χ0v) is 18.3. The predicted molar refractivity (Wildman–Crippen MR) is 117 cm³/mol. The van der Waals surface area contributed by atoms with E-state index in [4.69, 9.17) is 0 Å². The summed E-state index contributed by atoms with van der Waals surface area (Å²) in [7, 11) is 0. The van der Waals surface area contributed by atoms with Crippen LogP contribution in [0.5, 0.6) is 0 Å². The molecule has 28 heavy (non-hydrogen) atoms. The van der Waals surface area contributed by atoms with E-state index in [1.807, 2.05) is 20.0 Å². The van der Waals surface area contributed by atoms with Gasteiger partial charge in [0.15, 0.2) is 0 Å². The molecule has 7 unspecified atom stereocenters. The number of hydrogen-bond acceptors (Lipinski definition) is 2. The Morgan fingerprint density at radius 3 is 2.61 bits per heavy atom. The Hall–Kier alpha value is -1.15. The summed E-state index contributed by atoms with van der Waals surface area (Å²) in [5, 5.41) is 10.2. The van der Waals surface area contributed by atoms with Crippen LogP contribution in [-0.2, 0) is 0 Å². The van der Waals surface area contributed by atoms with Crippen molar-refractivity contribution in [3.8, 4) is 0 Å². The fourth-order valence-corrected chi connectivity index (χ4v) is 7.77. The van der Waals surface area contributed by atoms with Crippen molar-refractivity contribution in [3.63, 3.8) is 0 Å². The fraction of sp³-hybridized carbons (Fsp3) is 0.731. The van der Waals surface area contributed by atoms with Crippen molar-refractivity contribution in [3.05, 3.63) is 36.2 Å². The Balaban J connectivity index is 0.000000932. The third kappa shape index (κ3) is 2.98. The van der Waals surface area contributed by atoms with Crippen LogP contribution in [0.3, 0.4) is 0 Å². The van der Waals surface area contributed by atoms with E-state index in [0.717, 1.165) is 36.5 Å². The number of nitrogens with zero attached hydrogens (tertiary/aromatic N) is 1. The second-order valence-electron chi connectivity index (χ2n) is 10.1. The Labute approximate surface area is 171 Å². The number of pyridine rings is 1. The molecule has 5 rings (SSSR count). The highest BCUT2D eigenvalue weighted by atomic mass is 16.3. The molecule has 0 amide bonds. The Morgan fingerprint density at radius 1 is 1.04 bits per heavy atom. The van der Waals surface area contributed by atoms with Crippen LogP contribution in [0.1, 0.15) is 84.6 Å². The number of allylic oxidation sites excluding steroid dienone is 2. The van der Waals surface area contributed by atoms with E-state index in [2.05, 4.69) is 43.2 Å². The van der Waals surface area contributed by atoms with Gasteiger partial charge >= 0.3 is 0 Å². The molecule has 0 aromatic carbocycles. The molecule has 1 aromatic heterocycles. The topological polar surface area (TPSA) is 33.1 Å². The number of aromatic nitrogens is 1. The van der Waals surface area contributed by atoms with E-state index in [-0.39, 0.29) is 6.10 Å². The minimum Gasteiger partial charge on any atom is -0.393 e. The Bertz CT molecular complexity index is 712. The summed E-state index contributed by atoms with van der Waals surface area (Å²) < 4.78 is 0. The molecule has 0 saturated heterocycles. The molecule has 1 heterocycles. The predicted octanol–water partition coefficient (Wildman–Crippen LogP) is 6.50. The second kappa shape index (κ2) is 7.59. The SMILES string of the molecule is CC.CC12CCC3C(CCC4CC(O)CCC43C)C1CC=C2c1cccnc1. The molecule has 3 saturated carbocycles. The first-order valence-corrected chi connectivity index (χ1v) is 11.8. The molecule has 2 heteroatoms. The fourth-order valence-electron chi connectivity index (χ4n) is 7.77. The summed E-state index contributed by atoms with van der Waals surface area (Å²) in [6.07, 6.45) is 16.4. The first-order chi connectivity index (χ1) is 13.5. The molecular formula is C26H39NO. The van der Waals surface area contributed by atoms with Crippen LogP contribution in [0, 0.1) is 34.5 Å². The third-order valence-corrected chi connectivity index (χ3v) is 9.19. The van der Waals surface area contributed by atoms with Gasteiger partial charge in [0.05, 0.1) is 6.10 Å². The molecule has 4 aliphatic carbocycles. The van der Waals surface area contributed by atoms with Crippen molar-refractivity contribution >= 4 is 5.57 Å². The summed E-state index contributed by atoms with van der Waals surface area (Å²) in [6.45, 7) is 9.12. The molecule has 7 atom stereocenters. The van der Waals surface area contributed by atoms with Crippen LogP contribution in [0.2, 0.25) is 0 Å². The average molecular weight is 382 g/mol. The van der Waals surface area contributed by atoms with E-state index < -0.39 is 0 Å². The molecule has 0 bridgehead atoms. The number of aliphatic hydroxyl groups is 1. The molecule has 0 aliphatic heterocycles. The van der Waals surface area contributed by atoms with Crippen molar-refractivity contribution in [1.29, 1.82) is 0 Å². The standard InChI is InChI=1S/C24H33NO.C2H6/c1-23-11-9-18(26)14-17(23)5-6-19-21-8-7-20(16-4-3-13-25-15-16)24(21,2)12-10-22(19)23;1-2/h3-4,7,13,15,17-19,21-22,26H,5-6,8-12,14H2,1-2H3;1-2H3. The van der Waals surface area contributed by atoms with Crippen molar-refractivity contribution in [1.82, 2.24) is 4.98 Å². The van der Waals surface area contributed by atoms with Crippen molar-refractivity contribution in [2.45, 2.75) is 85.2 Å². The van der Waals surface area contributed by atoms with E-state index >= 15 is 0 Å². The van der Waals surface area contributed by atoms with E-state index in [0.29, 0.717) is 10.8 Å². The lowest BCUT2D eigenvalue weighted by Gasteiger charge is -2.60. The minimum atomic E-state index is -0.0381. The van der Waals surface area contributed by atoms with Gasteiger partial charge < -0.3 is 5.11 Å². The van der Waals surface area contributed by atoms with Gasteiger partial charge in [-0.2, -0.15) is 0 Å². The normalized spacial score (nSPS) is 44.3. The van der Waals surface area contributed by atoms with E-state index in [1.54, 1.807) is 5.57 Å². The molecule has 1 N–H and O–H groups in total. The van der Waals surface area contributed by atoms with E-state index in [9.17, 15) is 5.11 Å². The lowest BCUT2D eigenvalue weighted by molar-refractivity contribution is -0.115. The monoisotopic (exact) mass is 381 g/mol. The first kappa shape index (κ1) is 20.1. The largest absolute Gasteiger partial charge is 0.393 e. The summed E-state index contributed by atoms with van der Waals surface area (Å²) >= 11 is 0. The van der Waals surface area contributed by atoms with Gasteiger partial charge in [0.25, 0.3) is 0 Å². The lowest BCUT2D eigenvalue weighted by atomic mass is 9.44. The van der Waals surface area contributed by atoms with Gasteiger partial charge in [-0.3, -0.25) is 4.98 Å². The number of aliphatic hydroxyl groups excluding tert-OH is 1. The van der Waals surface area contributed by atoms with Gasteiger partial charge in [-0.15, -0.1) is 0 Å².